The summed E-state index contributed by atoms with van der Waals surface area (Å²) in [5.41, 5.74) is 4.89. The smallest absolute Gasteiger partial charge is 0.252 e. The fourth-order valence-corrected chi connectivity index (χ4v) is 4.01. The molecule has 142 valence electrons. The maximum absolute atomic E-state index is 12.6. The van der Waals surface area contributed by atoms with Crippen LogP contribution in [0.3, 0.4) is 0 Å². The van der Waals surface area contributed by atoms with Crippen molar-refractivity contribution in [2.75, 3.05) is 12.8 Å². The number of nitrogens with one attached hydrogen (secondary N) is 1. The highest BCUT2D eigenvalue weighted by Gasteiger charge is 2.26. The van der Waals surface area contributed by atoms with Gasteiger partial charge in [-0.05, 0) is 48.6 Å². The number of para-hydroxylation sites is 1. The summed E-state index contributed by atoms with van der Waals surface area (Å²) in [5, 5.41) is 3.02. The van der Waals surface area contributed by atoms with E-state index in [-0.39, 0.29) is 12.0 Å². The Balaban J connectivity index is 1.46. The molecule has 1 aromatic heterocycles. The molecule has 4 rings (SSSR count). The van der Waals surface area contributed by atoms with Crippen LogP contribution in [0.1, 0.15) is 21.5 Å². The van der Waals surface area contributed by atoms with Crippen LogP contribution in [-0.2, 0) is 6.42 Å². The Morgan fingerprint density at radius 1 is 1.18 bits per heavy atom. The van der Waals surface area contributed by atoms with Gasteiger partial charge >= 0.3 is 0 Å². The Morgan fingerprint density at radius 3 is 2.82 bits per heavy atom. The predicted octanol–water partition coefficient (Wildman–Crippen LogP) is 4.51. The number of amides is 1. The van der Waals surface area contributed by atoms with Crippen LogP contribution < -0.4 is 10.1 Å². The van der Waals surface area contributed by atoms with E-state index in [1.54, 1.807) is 11.8 Å². The van der Waals surface area contributed by atoms with Crippen molar-refractivity contribution in [2.45, 2.75) is 24.3 Å². The first-order valence-corrected chi connectivity index (χ1v) is 10.5. The molecule has 0 unspecified atom stereocenters. The summed E-state index contributed by atoms with van der Waals surface area (Å²) in [6.45, 7) is 2.49. The second-order valence-electron chi connectivity index (χ2n) is 6.87. The molecule has 1 aliphatic rings. The van der Waals surface area contributed by atoms with Gasteiger partial charge in [0.15, 0.2) is 0 Å². The van der Waals surface area contributed by atoms with E-state index in [0.29, 0.717) is 12.1 Å². The second kappa shape index (κ2) is 8.07. The van der Waals surface area contributed by atoms with Gasteiger partial charge in [-0.2, -0.15) is 0 Å². The Labute approximate surface area is 169 Å². The molecule has 1 amide bonds. The van der Waals surface area contributed by atoms with Crippen molar-refractivity contribution >= 4 is 17.7 Å². The van der Waals surface area contributed by atoms with Crippen LogP contribution in [0.5, 0.6) is 5.75 Å². The topological polar surface area (TPSA) is 51.2 Å². The van der Waals surface area contributed by atoms with E-state index in [0.717, 1.165) is 39.5 Å². The largest absolute Gasteiger partial charge is 0.487 e. The van der Waals surface area contributed by atoms with Gasteiger partial charge in [0, 0.05) is 23.1 Å². The van der Waals surface area contributed by atoms with Crippen molar-refractivity contribution in [3.8, 4) is 17.0 Å². The van der Waals surface area contributed by atoms with Crippen LogP contribution in [0.4, 0.5) is 0 Å². The second-order valence-corrected chi connectivity index (χ2v) is 7.72. The first kappa shape index (κ1) is 18.6. The van der Waals surface area contributed by atoms with Gasteiger partial charge in [0.25, 0.3) is 5.91 Å². The van der Waals surface area contributed by atoms with Crippen molar-refractivity contribution in [2.24, 2.45) is 0 Å². The summed E-state index contributed by atoms with van der Waals surface area (Å²) < 4.78 is 6.21. The van der Waals surface area contributed by atoms with Gasteiger partial charge in [0.05, 0.1) is 17.8 Å². The molecule has 1 aliphatic heterocycles. The van der Waals surface area contributed by atoms with E-state index in [9.17, 15) is 4.79 Å². The van der Waals surface area contributed by atoms with Gasteiger partial charge in [-0.3, -0.25) is 9.78 Å². The SMILES string of the molecule is CSc1ccccc1C(=O)NC[C@H]1Cc2cccc(-c3ccc(C)cn3)c2O1. The zero-order valence-corrected chi connectivity index (χ0v) is 16.8. The lowest BCUT2D eigenvalue weighted by molar-refractivity contribution is 0.0930. The molecular formula is C23H22N2O2S. The van der Waals surface area contributed by atoms with Crippen LogP contribution in [-0.4, -0.2) is 29.8 Å². The summed E-state index contributed by atoms with van der Waals surface area (Å²) in [4.78, 5) is 18.1. The molecule has 2 aromatic carbocycles. The number of carbonyl (C=O) groups is 1. The molecule has 4 nitrogen and oxygen atoms in total. The molecule has 0 bridgehead atoms. The Bertz CT molecular complexity index is 1000. The highest BCUT2D eigenvalue weighted by atomic mass is 32.2. The third-order valence-corrected chi connectivity index (χ3v) is 5.65. The normalized spacial score (nSPS) is 15.0. The first-order chi connectivity index (χ1) is 13.7. The summed E-state index contributed by atoms with van der Waals surface area (Å²) >= 11 is 1.57. The van der Waals surface area contributed by atoms with Crippen molar-refractivity contribution in [3.05, 3.63) is 77.5 Å². The average Bonchev–Trinajstić information content (AvgIpc) is 3.16. The van der Waals surface area contributed by atoms with E-state index in [4.69, 9.17) is 4.74 Å². The predicted molar refractivity (Wildman–Crippen MR) is 113 cm³/mol. The van der Waals surface area contributed by atoms with Gasteiger partial charge in [0.2, 0.25) is 0 Å². The number of aromatic nitrogens is 1. The Morgan fingerprint density at radius 2 is 2.04 bits per heavy atom. The average molecular weight is 391 g/mol. The van der Waals surface area contributed by atoms with Gasteiger partial charge in [-0.1, -0.05) is 30.3 Å². The van der Waals surface area contributed by atoms with E-state index < -0.39 is 0 Å². The van der Waals surface area contributed by atoms with Crippen LogP contribution in [0, 0.1) is 6.92 Å². The molecule has 1 atom stereocenters. The number of rotatable bonds is 5. The lowest BCUT2D eigenvalue weighted by Gasteiger charge is -2.14. The number of nitrogens with zero attached hydrogens (tertiary/aromatic N) is 1. The molecule has 0 saturated heterocycles. The van der Waals surface area contributed by atoms with Crippen LogP contribution in [0.2, 0.25) is 0 Å². The van der Waals surface area contributed by atoms with Gasteiger partial charge in [-0.15, -0.1) is 11.8 Å². The molecule has 1 N–H and O–H groups in total. The summed E-state index contributed by atoms with van der Waals surface area (Å²) in [5.74, 6) is 0.813. The molecule has 0 aliphatic carbocycles. The van der Waals surface area contributed by atoms with Crippen molar-refractivity contribution in [1.82, 2.24) is 10.3 Å². The monoisotopic (exact) mass is 390 g/mol. The van der Waals surface area contributed by atoms with Gasteiger partial charge < -0.3 is 10.1 Å². The number of hydrogen-bond donors (Lipinski definition) is 1. The van der Waals surface area contributed by atoms with Gasteiger partial charge in [0.1, 0.15) is 11.9 Å². The third-order valence-electron chi connectivity index (χ3n) is 4.86. The number of benzene rings is 2. The molecule has 28 heavy (non-hydrogen) atoms. The van der Waals surface area contributed by atoms with Crippen molar-refractivity contribution in [1.29, 1.82) is 0 Å². The zero-order valence-electron chi connectivity index (χ0n) is 15.9. The quantitative estimate of drug-likeness (QED) is 0.651. The number of hydrogen-bond acceptors (Lipinski definition) is 4. The Hall–Kier alpha value is -2.79. The molecule has 3 aromatic rings. The van der Waals surface area contributed by atoms with E-state index in [2.05, 4.69) is 22.4 Å². The molecule has 0 fully saturated rings. The Kier molecular flexibility index (Phi) is 5.35. The maximum atomic E-state index is 12.6. The van der Waals surface area contributed by atoms with E-state index >= 15 is 0 Å². The molecule has 0 radical (unpaired) electrons. The zero-order chi connectivity index (χ0) is 19.5. The lowest BCUT2D eigenvalue weighted by Crippen LogP contribution is -2.34. The molecule has 0 spiro atoms. The standard InChI is InChI=1S/C23H22N2O2S/c1-15-10-11-20(24-13-15)18-8-5-6-16-12-17(27-22(16)18)14-25-23(26)19-7-3-4-9-21(19)28-2/h3-11,13,17H,12,14H2,1-2H3,(H,25,26)/t17-/m1/s1. The number of carbonyl (C=O) groups excluding carboxylic acids is 1. The lowest BCUT2D eigenvalue weighted by atomic mass is 10.0. The number of pyridine rings is 1. The minimum atomic E-state index is -0.0769. The van der Waals surface area contributed by atoms with Crippen LogP contribution in [0.25, 0.3) is 11.3 Å². The highest BCUT2D eigenvalue weighted by Crippen LogP contribution is 2.38. The molecule has 2 heterocycles. The number of ether oxygens (including phenoxy) is 1. The van der Waals surface area contributed by atoms with Crippen LogP contribution in [0.15, 0.2) is 65.7 Å². The summed E-state index contributed by atoms with van der Waals surface area (Å²) in [6.07, 6.45) is 4.54. The molecule has 0 saturated carbocycles. The van der Waals surface area contributed by atoms with E-state index in [1.165, 1.54) is 0 Å². The highest BCUT2D eigenvalue weighted by molar-refractivity contribution is 7.98. The third kappa shape index (κ3) is 3.76. The molecular weight excluding hydrogens is 368 g/mol. The minimum Gasteiger partial charge on any atom is -0.487 e. The van der Waals surface area contributed by atoms with Crippen LogP contribution >= 0.6 is 11.8 Å². The fourth-order valence-electron chi connectivity index (χ4n) is 3.42. The summed E-state index contributed by atoms with van der Waals surface area (Å²) in [6, 6.07) is 17.9. The van der Waals surface area contributed by atoms with Gasteiger partial charge in [-0.25, -0.2) is 0 Å². The first-order valence-electron chi connectivity index (χ1n) is 9.28. The number of thioether (sulfide) groups is 1. The fraction of sp³-hybridized carbons (Fsp3) is 0.217. The minimum absolute atomic E-state index is 0.0649. The maximum Gasteiger partial charge on any atom is 0.252 e. The van der Waals surface area contributed by atoms with Crippen molar-refractivity contribution < 1.29 is 9.53 Å². The number of aryl methyl sites for hydroxylation is 1. The summed E-state index contributed by atoms with van der Waals surface area (Å²) in [7, 11) is 0. The molecule has 5 heteroatoms. The van der Waals surface area contributed by atoms with E-state index in [1.807, 2.05) is 61.8 Å². The number of fused-ring (bicyclic) bond motifs is 1. The van der Waals surface area contributed by atoms with Crippen molar-refractivity contribution in [3.63, 3.8) is 0 Å².